The highest BCUT2D eigenvalue weighted by Crippen LogP contribution is 2.41. The van der Waals surface area contributed by atoms with Gasteiger partial charge in [-0.3, -0.25) is 0 Å². The number of carbonyl (C=O) groups is 1. The summed E-state index contributed by atoms with van der Waals surface area (Å²) in [5, 5.41) is 7.11. The third kappa shape index (κ3) is 4.10. The van der Waals surface area contributed by atoms with Gasteiger partial charge in [0, 0.05) is 24.4 Å². The lowest BCUT2D eigenvalue weighted by Crippen LogP contribution is -2.43. The van der Waals surface area contributed by atoms with Crippen LogP contribution in [0.1, 0.15) is 36.0 Å². The second-order valence-corrected chi connectivity index (χ2v) is 8.97. The zero-order valence-corrected chi connectivity index (χ0v) is 19.5. The molecule has 0 spiro atoms. The maximum Gasteiger partial charge on any atom is 0.320 e. The maximum atomic E-state index is 12.8. The molecule has 2 heterocycles. The van der Waals surface area contributed by atoms with Crippen LogP contribution in [0.4, 0.5) is 10.5 Å². The van der Waals surface area contributed by atoms with E-state index in [9.17, 15) is 4.79 Å². The Morgan fingerprint density at radius 2 is 1.61 bits per heavy atom. The molecule has 1 aliphatic rings. The van der Waals surface area contributed by atoms with E-state index < -0.39 is 0 Å². The molecule has 166 valence electrons. The van der Waals surface area contributed by atoms with Crippen molar-refractivity contribution in [1.29, 1.82) is 0 Å². The van der Waals surface area contributed by atoms with Crippen LogP contribution in [0, 0.1) is 0 Å². The van der Waals surface area contributed by atoms with Crippen LogP contribution in [-0.2, 0) is 0 Å². The van der Waals surface area contributed by atoms with E-state index in [0.717, 1.165) is 50.7 Å². The van der Waals surface area contributed by atoms with Crippen LogP contribution in [0.5, 0.6) is 0 Å². The molecule has 0 aliphatic carbocycles. The second-order valence-electron chi connectivity index (χ2n) is 7.94. The summed E-state index contributed by atoms with van der Waals surface area (Å²) in [5.41, 5.74) is 5.92. The summed E-state index contributed by atoms with van der Waals surface area (Å²) in [4.78, 5) is 20.0. The number of urea groups is 1. The fraction of sp³-hybridized carbons (Fsp3) is 0.185. The van der Waals surface area contributed by atoms with Gasteiger partial charge in [-0.1, -0.05) is 54.6 Å². The van der Waals surface area contributed by atoms with Gasteiger partial charge in [-0.05, 0) is 49.2 Å². The first kappa shape index (κ1) is 21.2. The second kappa shape index (κ2) is 9.08. The summed E-state index contributed by atoms with van der Waals surface area (Å²) >= 11 is 1.65. The molecule has 0 saturated heterocycles. The molecule has 1 aliphatic heterocycles. The highest BCUT2D eigenvalue weighted by molar-refractivity contribution is 7.19. The van der Waals surface area contributed by atoms with Gasteiger partial charge in [0.1, 0.15) is 5.01 Å². The zero-order valence-electron chi connectivity index (χ0n) is 18.7. The lowest BCUT2D eigenvalue weighted by molar-refractivity contribution is 0.242. The Morgan fingerprint density at radius 1 is 0.909 bits per heavy atom. The maximum absolute atomic E-state index is 12.8. The minimum absolute atomic E-state index is 0.212. The summed E-state index contributed by atoms with van der Waals surface area (Å²) in [6.45, 7) is 6.22. The number of nitrogens with zero attached hydrogens (tertiary/aromatic N) is 2. The molecule has 0 saturated carbocycles. The van der Waals surface area contributed by atoms with E-state index in [4.69, 9.17) is 4.98 Å². The SMILES string of the molecule is CCN(CC)c1ccc([C@@H]2NC(=O)NC(c3ccccc3)=C2c2nc3ccccc3s2)cc1. The quantitative estimate of drug-likeness (QED) is 0.372. The van der Waals surface area contributed by atoms with Gasteiger partial charge >= 0.3 is 6.03 Å². The van der Waals surface area contributed by atoms with Crippen molar-refractivity contribution >= 4 is 44.5 Å². The summed E-state index contributed by atoms with van der Waals surface area (Å²) in [7, 11) is 0. The van der Waals surface area contributed by atoms with Crippen LogP contribution in [0.25, 0.3) is 21.5 Å². The molecule has 5 nitrogen and oxygen atoms in total. The number of hydrogen-bond donors (Lipinski definition) is 2. The lowest BCUT2D eigenvalue weighted by Gasteiger charge is -2.30. The minimum atomic E-state index is -0.305. The van der Waals surface area contributed by atoms with Gasteiger partial charge < -0.3 is 15.5 Å². The van der Waals surface area contributed by atoms with Gasteiger partial charge in [0.25, 0.3) is 0 Å². The number of nitrogens with one attached hydrogen (secondary N) is 2. The molecular weight excluding hydrogens is 428 g/mol. The number of hydrogen-bond acceptors (Lipinski definition) is 4. The molecule has 2 N–H and O–H groups in total. The predicted molar refractivity (Wildman–Crippen MR) is 137 cm³/mol. The number of amides is 2. The van der Waals surface area contributed by atoms with Gasteiger partial charge in [-0.2, -0.15) is 0 Å². The Balaban J connectivity index is 1.67. The molecule has 4 aromatic rings. The molecule has 1 aromatic heterocycles. The summed E-state index contributed by atoms with van der Waals surface area (Å²) in [6.07, 6.45) is 0. The van der Waals surface area contributed by atoms with Gasteiger partial charge in [-0.25, -0.2) is 9.78 Å². The molecule has 2 amide bonds. The van der Waals surface area contributed by atoms with Gasteiger partial charge in [0.05, 0.1) is 22.0 Å². The Bertz CT molecular complexity index is 1270. The normalized spacial score (nSPS) is 15.9. The van der Waals surface area contributed by atoms with Crippen LogP contribution < -0.4 is 15.5 Å². The summed E-state index contributed by atoms with van der Waals surface area (Å²) in [6, 6.07) is 26.1. The Labute approximate surface area is 197 Å². The zero-order chi connectivity index (χ0) is 22.8. The van der Waals surface area contributed by atoms with Crippen molar-refractivity contribution in [2.45, 2.75) is 19.9 Å². The van der Waals surface area contributed by atoms with Crippen molar-refractivity contribution in [3.63, 3.8) is 0 Å². The number of benzene rings is 3. The standard InChI is InChI=1S/C27H26N4OS/c1-3-31(4-2)20-16-14-19(15-17-20)25-23(26-28-21-12-8-9-13-22(21)33-26)24(29-27(32)30-25)18-10-6-5-7-11-18/h5-17,25H,3-4H2,1-2H3,(H2,29,30,32)/t25-/m0/s1. The van der Waals surface area contributed by atoms with Crippen molar-refractivity contribution in [1.82, 2.24) is 15.6 Å². The van der Waals surface area contributed by atoms with Crippen molar-refractivity contribution < 1.29 is 4.79 Å². The number of rotatable bonds is 6. The number of anilines is 1. The number of para-hydroxylation sites is 1. The molecule has 0 radical (unpaired) electrons. The number of carbonyl (C=O) groups excluding carboxylic acids is 1. The van der Waals surface area contributed by atoms with Crippen molar-refractivity contribution in [3.8, 4) is 0 Å². The van der Waals surface area contributed by atoms with Gasteiger partial charge in [0.15, 0.2) is 0 Å². The van der Waals surface area contributed by atoms with Gasteiger partial charge in [-0.15, -0.1) is 11.3 Å². The van der Waals surface area contributed by atoms with E-state index in [1.54, 1.807) is 11.3 Å². The predicted octanol–water partition coefficient (Wildman–Crippen LogP) is 6.06. The topological polar surface area (TPSA) is 57.3 Å². The number of aromatic nitrogens is 1. The van der Waals surface area contributed by atoms with Crippen LogP contribution in [0.3, 0.4) is 0 Å². The third-order valence-corrected chi connectivity index (χ3v) is 7.08. The van der Waals surface area contributed by atoms with Crippen LogP contribution in [0.2, 0.25) is 0 Å². The molecular formula is C27H26N4OS. The first-order valence-corrected chi connectivity index (χ1v) is 12.1. The summed E-state index contributed by atoms with van der Waals surface area (Å²) < 4.78 is 1.12. The van der Waals surface area contributed by atoms with E-state index in [0.29, 0.717) is 0 Å². The van der Waals surface area contributed by atoms with E-state index in [1.807, 2.05) is 48.5 Å². The molecule has 5 rings (SSSR count). The van der Waals surface area contributed by atoms with E-state index >= 15 is 0 Å². The highest BCUT2D eigenvalue weighted by atomic mass is 32.1. The average Bonchev–Trinajstić information content (AvgIpc) is 3.29. The van der Waals surface area contributed by atoms with E-state index in [2.05, 4.69) is 59.7 Å². The Hall–Kier alpha value is -3.64. The molecule has 0 unspecified atom stereocenters. The molecule has 3 aromatic carbocycles. The van der Waals surface area contributed by atoms with E-state index in [-0.39, 0.29) is 12.1 Å². The molecule has 1 atom stereocenters. The number of fused-ring (bicyclic) bond motifs is 1. The molecule has 0 bridgehead atoms. The number of thiazole rings is 1. The van der Waals surface area contributed by atoms with E-state index in [1.165, 1.54) is 5.69 Å². The monoisotopic (exact) mass is 454 g/mol. The molecule has 0 fully saturated rings. The molecule has 6 heteroatoms. The van der Waals surface area contributed by atoms with Crippen molar-refractivity contribution in [3.05, 3.63) is 95.0 Å². The first-order valence-electron chi connectivity index (χ1n) is 11.3. The molecule has 33 heavy (non-hydrogen) atoms. The Kier molecular flexibility index (Phi) is 5.84. The first-order chi connectivity index (χ1) is 16.2. The lowest BCUT2D eigenvalue weighted by atomic mass is 9.93. The largest absolute Gasteiger partial charge is 0.372 e. The smallest absolute Gasteiger partial charge is 0.320 e. The fourth-order valence-corrected chi connectivity index (χ4v) is 5.38. The van der Waals surface area contributed by atoms with Gasteiger partial charge in [0.2, 0.25) is 0 Å². The fourth-order valence-electron chi connectivity index (χ4n) is 4.33. The van der Waals surface area contributed by atoms with Crippen molar-refractivity contribution in [2.75, 3.05) is 18.0 Å². The summed E-state index contributed by atoms with van der Waals surface area (Å²) in [5.74, 6) is 0. The average molecular weight is 455 g/mol. The van der Waals surface area contributed by atoms with Crippen LogP contribution >= 0.6 is 11.3 Å². The third-order valence-electron chi connectivity index (χ3n) is 6.01. The van der Waals surface area contributed by atoms with Crippen molar-refractivity contribution in [2.24, 2.45) is 0 Å². The minimum Gasteiger partial charge on any atom is -0.372 e. The van der Waals surface area contributed by atoms with Crippen LogP contribution in [0.15, 0.2) is 78.9 Å². The highest BCUT2D eigenvalue weighted by Gasteiger charge is 2.32. The Morgan fingerprint density at radius 3 is 2.30 bits per heavy atom. The van der Waals surface area contributed by atoms with Crippen LogP contribution in [-0.4, -0.2) is 24.1 Å².